The maximum absolute atomic E-state index is 12.9. The Morgan fingerprint density at radius 1 is 1.09 bits per heavy atom. The first-order valence-corrected chi connectivity index (χ1v) is 9.04. The Kier molecular flexibility index (Phi) is 3.46. The molecule has 2 aliphatic heterocycles. The lowest BCUT2D eigenvalue weighted by Crippen LogP contribution is -2.54. The Morgan fingerprint density at radius 2 is 1.83 bits per heavy atom. The SMILES string of the molecule is O=C1CCS[C@@]2(C(=O)Nc3ccccc32)N1c1ccc(Br)cc1. The number of fused-ring (bicyclic) bond motifs is 2. The van der Waals surface area contributed by atoms with Crippen molar-refractivity contribution in [3.63, 3.8) is 0 Å². The molecule has 1 fully saturated rings. The fourth-order valence-corrected chi connectivity index (χ4v) is 4.82. The van der Waals surface area contributed by atoms with E-state index in [1.807, 2.05) is 48.5 Å². The molecule has 2 aromatic carbocycles. The van der Waals surface area contributed by atoms with Gasteiger partial charge in [-0.05, 0) is 30.3 Å². The first-order chi connectivity index (χ1) is 11.1. The molecule has 1 spiro atoms. The minimum Gasteiger partial charge on any atom is -0.323 e. The number of benzene rings is 2. The number of carbonyl (C=O) groups excluding carboxylic acids is 2. The molecular weight excluding hydrogens is 376 g/mol. The van der Waals surface area contributed by atoms with Gasteiger partial charge in [-0.15, -0.1) is 11.8 Å². The Bertz CT molecular complexity index is 808. The van der Waals surface area contributed by atoms with Gasteiger partial charge in [0.25, 0.3) is 5.91 Å². The Hall–Kier alpha value is -1.79. The second-order valence-corrected chi connectivity index (χ2v) is 7.65. The van der Waals surface area contributed by atoms with Crippen LogP contribution in [0.5, 0.6) is 0 Å². The van der Waals surface area contributed by atoms with E-state index in [1.54, 1.807) is 4.90 Å². The third-order valence-corrected chi connectivity index (χ3v) is 6.07. The van der Waals surface area contributed by atoms with E-state index >= 15 is 0 Å². The molecule has 23 heavy (non-hydrogen) atoms. The molecule has 0 bridgehead atoms. The number of hydrogen-bond donors (Lipinski definition) is 1. The molecule has 2 amide bonds. The molecule has 1 N–H and O–H groups in total. The van der Waals surface area contributed by atoms with Crippen molar-refractivity contribution in [2.45, 2.75) is 11.3 Å². The summed E-state index contributed by atoms with van der Waals surface area (Å²) >= 11 is 4.93. The minimum atomic E-state index is -1.01. The van der Waals surface area contributed by atoms with E-state index in [0.29, 0.717) is 12.2 Å². The normalized spacial score (nSPS) is 23.1. The maximum Gasteiger partial charge on any atom is 0.266 e. The van der Waals surface area contributed by atoms with Crippen molar-refractivity contribution < 1.29 is 9.59 Å². The van der Waals surface area contributed by atoms with Gasteiger partial charge >= 0.3 is 0 Å². The first-order valence-electron chi connectivity index (χ1n) is 7.26. The largest absolute Gasteiger partial charge is 0.323 e. The van der Waals surface area contributed by atoms with Gasteiger partial charge in [0.05, 0.1) is 0 Å². The van der Waals surface area contributed by atoms with Gasteiger partial charge in [0.2, 0.25) is 10.8 Å². The average molecular weight is 389 g/mol. The predicted octanol–water partition coefficient (Wildman–Crippen LogP) is 3.72. The van der Waals surface area contributed by atoms with Crippen molar-refractivity contribution >= 4 is 50.9 Å². The number of thioether (sulfide) groups is 1. The lowest BCUT2D eigenvalue weighted by Gasteiger charge is -2.42. The highest BCUT2D eigenvalue weighted by molar-refractivity contribution is 9.10. The smallest absolute Gasteiger partial charge is 0.266 e. The Balaban J connectivity index is 1.93. The van der Waals surface area contributed by atoms with Crippen LogP contribution in [-0.4, -0.2) is 17.6 Å². The van der Waals surface area contributed by atoms with Crippen molar-refractivity contribution in [1.82, 2.24) is 0 Å². The molecule has 2 heterocycles. The second kappa shape index (κ2) is 5.39. The molecule has 2 aromatic rings. The third kappa shape index (κ3) is 2.12. The van der Waals surface area contributed by atoms with Gasteiger partial charge in [0.15, 0.2) is 0 Å². The van der Waals surface area contributed by atoms with Gasteiger partial charge in [0.1, 0.15) is 0 Å². The lowest BCUT2D eigenvalue weighted by molar-refractivity contribution is -0.124. The number of nitrogens with one attached hydrogen (secondary N) is 1. The third-order valence-electron chi connectivity index (χ3n) is 4.12. The van der Waals surface area contributed by atoms with Gasteiger partial charge in [-0.3, -0.25) is 14.5 Å². The van der Waals surface area contributed by atoms with Crippen LogP contribution >= 0.6 is 27.7 Å². The number of anilines is 2. The number of nitrogens with zero attached hydrogens (tertiary/aromatic N) is 1. The average Bonchev–Trinajstić information content (AvgIpc) is 2.82. The predicted molar refractivity (Wildman–Crippen MR) is 95.5 cm³/mol. The molecule has 2 aliphatic rings. The van der Waals surface area contributed by atoms with Crippen LogP contribution in [0, 0.1) is 0 Å². The van der Waals surface area contributed by atoms with Crippen LogP contribution < -0.4 is 10.2 Å². The highest BCUT2D eigenvalue weighted by atomic mass is 79.9. The minimum absolute atomic E-state index is 0.0297. The van der Waals surface area contributed by atoms with E-state index in [-0.39, 0.29) is 11.8 Å². The van der Waals surface area contributed by atoms with Crippen LogP contribution in [0.3, 0.4) is 0 Å². The van der Waals surface area contributed by atoms with Crippen LogP contribution in [0.1, 0.15) is 12.0 Å². The summed E-state index contributed by atoms with van der Waals surface area (Å²) in [5.74, 6) is 0.450. The van der Waals surface area contributed by atoms with E-state index in [1.165, 1.54) is 11.8 Å². The van der Waals surface area contributed by atoms with Crippen LogP contribution in [-0.2, 0) is 14.5 Å². The van der Waals surface area contributed by atoms with E-state index in [9.17, 15) is 9.59 Å². The second-order valence-electron chi connectivity index (χ2n) is 5.45. The van der Waals surface area contributed by atoms with Crippen LogP contribution in [0.4, 0.5) is 11.4 Å². The summed E-state index contributed by atoms with van der Waals surface area (Å²) in [5.41, 5.74) is 2.37. The fourth-order valence-electron chi connectivity index (χ4n) is 3.14. The van der Waals surface area contributed by atoms with Crippen molar-refractivity contribution in [3.05, 3.63) is 58.6 Å². The van der Waals surface area contributed by atoms with Crippen LogP contribution in [0.2, 0.25) is 0 Å². The van der Waals surface area contributed by atoms with E-state index < -0.39 is 4.87 Å². The van der Waals surface area contributed by atoms with Gasteiger partial charge in [0, 0.05) is 33.6 Å². The molecule has 0 aromatic heterocycles. The van der Waals surface area contributed by atoms with E-state index in [2.05, 4.69) is 21.2 Å². The highest BCUT2D eigenvalue weighted by Crippen LogP contribution is 2.52. The summed E-state index contributed by atoms with van der Waals surface area (Å²) in [4.78, 5) is 26.2. The molecule has 4 rings (SSSR count). The van der Waals surface area contributed by atoms with Crippen molar-refractivity contribution in [2.75, 3.05) is 16.0 Å². The molecule has 0 aliphatic carbocycles. The summed E-state index contributed by atoms with van der Waals surface area (Å²) in [7, 11) is 0. The fraction of sp³-hybridized carbons (Fsp3) is 0.176. The first kappa shape index (κ1) is 14.8. The molecule has 1 atom stereocenters. The monoisotopic (exact) mass is 388 g/mol. The van der Waals surface area contributed by atoms with Crippen molar-refractivity contribution in [3.8, 4) is 0 Å². The summed E-state index contributed by atoms with van der Waals surface area (Å²) in [6.45, 7) is 0. The molecule has 4 nitrogen and oxygen atoms in total. The topological polar surface area (TPSA) is 49.4 Å². The van der Waals surface area contributed by atoms with Crippen LogP contribution in [0.25, 0.3) is 0 Å². The summed E-state index contributed by atoms with van der Waals surface area (Å²) in [6, 6.07) is 15.1. The molecule has 1 saturated heterocycles. The zero-order chi connectivity index (χ0) is 16.0. The number of rotatable bonds is 1. The number of amides is 2. The Labute approximate surface area is 146 Å². The van der Waals surface area contributed by atoms with Gasteiger partial charge < -0.3 is 5.32 Å². The van der Waals surface area contributed by atoms with E-state index in [4.69, 9.17) is 0 Å². The standard InChI is InChI=1S/C17H13BrN2O2S/c18-11-5-7-12(8-6-11)20-15(21)9-10-23-17(20)13-3-1-2-4-14(13)19-16(17)22/h1-8H,9-10H2,(H,19,22)/t17-/m0/s1. The summed E-state index contributed by atoms with van der Waals surface area (Å²) in [6.07, 6.45) is 0.428. The lowest BCUT2D eigenvalue weighted by atomic mass is 10.0. The number of para-hydroxylation sites is 1. The van der Waals surface area contributed by atoms with Gasteiger partial charge in [-0.2, -0.15) is 0 Å². The molecular formula is C17H13BrN2O2S. The van der Waals surface area contributed by atoms with E-state index in [0.717, 1.165) is 21.4 Å². The highest BCUT2D eigenvalue weighted by Gasteiger charge is 2.56. The number of carbonyl (C=O) groups is 2. The van der Waals surface area contributed by atoms with Gasteiger partial charge in [-0.1, -0.05) is 34.1 Å². The van der Waals surface area contributed by atoms with Crippen molar-refractivity contribution in [1.29, 1.82) is 0 Å². The zero-order valence-corrected chi connectivity index (χ0v) is 14.5. The van der Waals surface area contributed by atoms with Gasteiger partial charge in [-0.25, -0.2) is 0 Å². The van der Waals surface area contributed by atoms with Crippen molar-refractivity contribution in [2.24, 2.45) is 0 Å². The zero-order valence-electron chi connectivity index (χ0n) is 12.1. The van der Waals surface area contributed by atoms with Crippen LogP contribution in [0.15, 0.2) is 53.0 Å². The quantitative estimate of drug-likeness (QED) is 0.809. The maximum atomic E-state index is 12.9. The molecule has 6 heteroatoms. The molecule has 0 unspecified atom stereocenters. The molecule has 0 radical (unpaired) electrons. The Morgan fingerprint density at radius 3 is 2.61 bits per heavy atom. The molecule has 0 saturated carbocycles. The number of halogens is 1. The number of hydrogen-bond acceptors (Lipinski definition) is 3. The summed E-state index contributed by atoms with van der Waals surface area (Å²) < 4.78 is 0.934. The summed E-state index contributed by atoms with van der Waals surface area (Å²) in [5, 5.41) is 2.93. The molecule has 116 valence electrons.